The fourth-order valence-corrected chi connectivity index (χ4v) is 10.1. The number of hydrogen-bond donors (Lipinski definition) is 0. The minimum atomic E-state index is 0.547. The van der Waals surface area contributed by atoms with E-state index < -0.39 is 0 Å². The maximum Gasteiger partial charge on any atom is 0.166 e. The van der Waals surface area contributed by atoms with E-state index in [4.69, 9.17) is 19.4 Å². The van der Waals surface area contributed by atoms with E-state index >= 15 is 0 Å². The van der Waals surface area contributed by atoms with Crippen molar-refractivity contribution in [1.29, 1.82) is 0 Å². The Hall–Kier alpha value is -8.87. The van der Waals surface area contributed by atoms with Gasteiger partial charge in [0.2, 0.25) is 0 Å². The van der Waals surface area contributed by atoms with Crippen molar-refractivity contribution in [3.05, 3.63) is 212 Å². The van der Waals surface area contributed by atoms with Crippen LogP contribution in [0.2, 0.25) is 0 Å². The van der Waals surface area contributed by atoms with Gasteiger partial charge in [-0.3, -0.25) is 0 Å². The monoisotopic (exact) mass is 829 g/mol. The van der Waals surface area contributed by atoms with Crippen molar-refractivity contribution >= 4 is 87.1 Å². The maximum atomic E-state index is 6.97. The molecule has 0 aliphatic rings. The predicted molar refractivity (Wildman–Crippen MR) is 267 cm³/mol. The van der Waals surface area contributed by atoms with Crippen molar-refractivity contribution < 1.29 is 4.42 Å². The smallest absolute Gasteiger partial charge is 0.166 e. The summed E-state index contributed by atoms with van der Waals surface area (Å²) in [4.78, 5) is 16.2. The van der Waals surface area contributed by atoms with Gasteiger partial charge in [0, 0.05) is 54.7 Å². The second kappa shape index (κ2) is 13.8. The summed E-state index contributed by atoms with van der Waals surface area (Å²) < 4.78 is 11.7. The lowest BCUT2D eigenvalue weighted by atomic mass is 10.0. The van der Waals surface area contributed by atoms with Crippen LogP contribution in [0.4, 0.5) is 0 Å². The van der Waals surface area contributed by atoms with Crippen LogP contribution >= 0.6 is 0 Å². The normalized spacial score (nSPS) is 12.0. The third-order valence-electron chi connectivity index (χ3n) is 13.1. The van der Waals surface area contributed by atoms with Crippen LogP contribution in [-0.4, -0.2) is 24.1 Å². The molecule has 0 radical (unpaired) electrons. The summed E-state index contributed by atoms with van der Waals surface area (Å²) in [5, 5.41) is 11.4. The third-order valence-corrected chi connectivity index (χ3v) is 13.1. The number of fused-ring (bicyclic) bond motifs is 11. The van der Waals surface area contributed by atoms with Crippen LogP contribution in [0.5, 0.6) is 0 Å². The molecule has 0 unspecified atom stereocenters. The Kier molecular flexibility index (Phi) is 7.59. The summed E-state index contributed by atoms with van der Waals surface area (Å²) in [6, 6.07) is 75.0. The fraction of sp³-hybridized carbons (Fsp3) is 0. The number of furan rings is 1. The van der Waals surface area contributed by atoms with E-state index in [0.29, 0.717) is 17.5 Å². The lowest BCUT2D eigenvalue weighted by Crippen LogP contribution is -2.04. The SMILES string of the molecule is c1ccc(-n2c3ccccc3c3ccc(-c4nc(-c5ccc6ccccc6c5)nc(-c5ccc6c(oc7ccccc76)c5-n5c6ccccc6c6cc7ccccc7cc65)n4)cc32)cc1. The second-order valence-corrected chi connectivity index (χ2v) is 16.8. The Morgan fingerprint density at radius 1 is 0.323 bits per heavy atom. The topological polar surface area (TPSA) is 61.7 Å². The highest BCUT2D eigenvalue weighted by Crippen LogP contribution is 2.44. The Morgan fingerprint density at radius 2 is 0.862 bits per heavy atom. The molecule has 10 aromatic carbocycles. The van der Waals surface area contributed by atoms with Crippen molar-refractivity contribution in [2.45, 2.75) is 0 Å². The van der Waals surface area contributed by atoms with Gasteiger partial charge in [0.25, 0.3) is 0 Å². The van der Waals surface area contributed by atoms with Crippen LogP contribution < -0.4 is 0 Å². The first kappa shape index (κ1) is 35.7. The molecule has 0 saturated carbocycles. The molecule has 0 saturated heterocycles. The summed E-state index contributed by atoms with van der Waals surface area (Å²) in [5.74, 6) is 1.71. The van der Waals surface area contributed by atoms with E-state index in [9.17, 15) is 0 Å². The molecule has 6 nitrogen and oxygen atoms in total. The first-order valence-corrected chi connectivity index (χ1v) is 21.9. The summed E-state index contributed by atoms with van der Waals surface area (Å²) in [7, 11) is 0. The van der Waals surface area contributed by atoms with Gasteiger partial charge in [0.05, 0.1) is 22.1 Å². The molecule has 0 amide bonds. The lowest BCUT2D eigenvalue weighted by Gasteiger charge is -2.16. The van der Waals surface area contributed by atoms with Gasteiger partial charge < -0.3 is 13.6 Å². The van der Waals surface area contributed by atoms with E-state index in [1.807, 2.05) is 12.1 Å². The average Bonchev–Trinajstić information content (AvgIpc) is 4.02. The van der Waals surface area contributed by atoms with Crippen LogP contribution in [0.3, 0.4) is 0 Å². The quantitative estimate of drug-likeness (QED) is 0.173. The number of benzene rings is 10. The van der Waals surface area contributed by atoms with Crippen LogP contribution in [-0.2, 0) is 0 Å². The number of para-hydroxylation sites is 4. The molecule has 0 N–H and O–H groups in total. The molecule has 65 heavy (non-hydrogen) atoms. The second-order valence-electron chi connectivity index (χ2n) is 16.8. The zero-order valence-corrected chi connectivity index (χ0v) is 34.9. The summed E-state index contributed by atoms with van der Waals surface area (Å²) in [6.45, 7) is 0. The molecule has 0 aliphatic heterocycles. The van der Waals surface area contributed by atoms with Crippen LogP contribution in [0.15, 0.2) is 217 Å². The molecule has 6 heteroatoms. The zero-order chi connectivity index (χ0) is 42.6. The van der Waals surface area contributed by atoms with E-state index in [0.717, 1.165) is 104 Å². The Bertz CT molecular complexity index is 4250. The summed E-state index contributed by atoms with van der Waals surface area (Å²) in [6.07, 6.45) is 0. The largest absolute Gasteiger partial charge is 0.454 e. The molecule has 4 heterocycles. The van der Waals surface area contributed by atoms with Gasteiger partial charge in [-0.15, -0.1) is 0 Å². The highest BCUT2D eigenvalue weighted by molar-refractivity contribution is 6.17. The minimum absolute atomic E-state index is 0.547. The van der Waals surface area contributed by atoms with Crippen molar-refractivity contribution in [3.8, 4) is 45.5 Å². The molecule has 14 rings (SSSR count). The Labute approximate surface area is 371 Å². The van der Waals surface area contributed by atoms with Gasteiger partial charge in [-0.25, -0.2) is 15.0 Å². The van der Waals surface area contributed by atoms with Crippen molar-refractivity contribution in [1.82, 2.24) is 24.1 Å². The fourth-order valence-electron chi connectivity index (χ4n) is 10.1. The number of hydrogen-bond acceptors (Lipinski definition) is 4. The van der Waals surface area contributed by atoms with Gasteiger partial charge in [0.1, 0.15) is 11.3 Å². The Balaban J connectivity index is 1.09. The molecular weight excluding hydrogens is 795 g/mol. The van der Waals surface area contributed by atoms with E-state index in [2.05, 4.69) is 209 Å². The van der Waals surface area contributed by atoms with E-state index in [-0.39, 0.29) is 0 Å². The van der Waals surface area contributed by atoms with Gasteiger partial charge in [-0.05, 0) is 88.3 Å². The molecule has 0 aliphatic carbocycles. The first-order chi connectivity index (χ1) is 32.2. The molecular formula is C59H35N5O. The predicted octanol–water partition coefficient (Wildman–Crippen LogP) is 15.3. The molecule has 0 spiro atoms. The molecule has 0 bridgehead atoms. The minimum Gasteiger partial charge on any atom is -0.454 e. The maximum absolute atomic E-state index is 6.97. The first-order valence-electron chi connectivity index (χ1n) is 21.9. The zero-order valence-electron chi connectivity index (χ0n) is 34.9. The van der Waals surface area contributed by atoms with Crippen molar-refractivity contribution in [2.75, 3.05) is 0 Å². The van der Waals surface area contributed by atoms with Crippen molar-refractivity contribution in [2.24, 2.45) is 0 Å². The van der Waals surface area contributed by atoms with Crippen LogP contribution in [0.25, 0.3) is 133 Å². The van der Waals surface area contributed by atoms with Crippen LogP contribution in [0.1, 0.15) is 0 Å². The molecule has 0 atom stereocenters. The van der Waals surface area contributed by atoms with E-state index in [1.165, 1.54) is 10.8 Å². The number of rotatable bonds is 5. The van der Waals surface area contributed by atoms with Gasteiger partial charge in [-0.1, -0.05) is 146 Å². The molecule has 4 aromatic heterocycles. The van der Waals surface area contributed by atoms with Gasteiger partial charge in [-0.2, -0.15) is 0 Å². The molecule has 14 aromatic rings. The lowest BCUT2D eigenvalue weighted by molar-refractivity contribution is 0.666. The van der Waals surface area contributed by atoms with Gasteiger partial charge >= 0.3 is 0 Å². The number of nitrogens with zero attached hydrogens (tertiary/aromatic N) is 5. The summed E-state index contributed by atoms with van der Waals surface area (Å²) in [5.41, 5.74) is 10.5. The van der Waals surface area contributed by atoms with Gasteiger partial charge in [0.15, 0.2) is 23.1 Å². The summed E-state index contributed by atoms with van der Waals surface area (Å²) >= 11 is 0. The highest BCUT2D eigenvalue weighted by atomic mass is 16.3. The van der Waals surface area contributed by atoms with E-state index in [1.54, 1.807) is 0 Å². The Morgan fingerprint density at radius 3 is 1.65 bits per heavy atom. The third kappa shape index (κ3) is 5.44. The van der Waals surface area contributed by atoms with Crippen LogP contribution in [0, 0.1) is 0 Å². The average molecular weight is 830 g/mol. The number of aromatic nitrogens is 5. The van der Waals surface area contributed by atoms with Crippen molar-refractivity contribution in [3.63, 3.8) is 0 Å². The standard InChI is InChI=1S/C59H35N5O/c1-2-18-42(19-3-1)63-50-23-11-8-20-43(50)45-29-28-41(35-52(45)63)58-60-57(40-27-26-36-14-4-5-15-37(36)32-40)61-59(62-58)48-31-30-47-46-22-10-13-25-54(46)65-56(47)55(48)64-51-24-12-9-21-44(51)49-33-38-16-6-7-17-39(38)34-53(49)64/h1-35H. The molecule has 0 fully saturated rings. The highest BCUT2D eigenvalue weighted by Gasteiger charge is 2.25. The molecule has 302 valence electrons.